The SMILES string of the molecule is Cc1cccc(Cn2c3cc(-c4c(Cl)cccc4Cl)ccc3c3c(C(N)=O)cccc32)c1F. The number of benzene rings is 4. The Morgan fingerprint density at radius 1 is 0.939 bits per heavy atom. The number of carbonyl (C=O) groups is 1. The fourth-order valence-electron chi connectivity index (χ4n) is 4.45. The Balaban J connectivity index is 1.85. The van der Waals surface area contributed by atoms with Gasteiger partial charge in [0, 0.05) is 37.5 Å². The summed E-state index contributed by atoms with van der Waals surface area (Å²) in [5, 5.41) is 2.66. The molecule has 0 saturated carbocycles. The Kier molecular flexibility index (Phi) is 5.35. The Labute approximate surface area is 200 Å². The van der Waals surface area contributed by atoms with E-state index in [0.29, 0.717) is 26.7 Å². The van der Waals surface area contributed by atoms with Crippen molar-refractivity contribution < 1.29 is 9.18 Å². The van der Waals surface area contributed by atoms with E-state index in [1.807, 2.05) is 34.9 Å². The second kappa shape index (κ2) is 8.22. The van der Waals surface area contributed by atoms with Gasteiger partial charge in [0.2, 0.25) is 5.91 Å². The predicted molar refractivity (Wildman–Crippen MR) is 134 cm³/mol. The van der Waals surface area contributed by atoms with Gasteiger partial charge in [0.15, 0.2) is 0 Å². The standard InChI is InChI=1S/C27H19Cl2FN2O/c1-15-5-2-6-17(26(15)30)14-32-22-10-3-7-19(27(31)33)25(22)18-12-11-16(13-23(18)32)24-20(28)8-4-9-21(24)29/h2-13H,14H2,1H3,(H2,31,33). The second-order valence-electron chi connectivity index (χ2n) is 8.03. The van der Waals surface area contributed by atoms with Crippen molar-refractivity contribution in [2.75, 3.05) is 0 Å². The molecule has 4 aromatic carbocycles. The number of primary amides is 1. The fraction of sp³-hybridized carbons (Fsp3) is 0.0741. The number of rotatable bonds is 4. The van der Waals surface area contributed by atoms with Crippen molar-refractivity contribution >= 4 is 50.9 Å². The molecule has 3 nitrogen and oxygen atoms in total. The Morgan fingerprint density at radius 3 is 2.36 bits per heavy atom. The van der Waals surface area contributed by atoms with Gasteiger partial charge in [0.1, 0.15) is 5.82 Å². The van der Waals surface area contributed by atoms with E-state index in [-0.39, 0.29) is 12.4 Å². The van der Waals surface area contributed by atoms with Gasteiger partial charge in [-0.1, -0.05) is 65.7 Å². The molecule has 0 saturated heterocycles. The molecule has 0 atom stereocenters. The molecule has 0 aliphatic heterocycles. The highest BCUT2D eigenvalue weighted by molar-refractivity contribution is 6.39. The quantitative estimate of drug-likeness (QED) is 0.289. The van der Waals surface area contributed by atoms with Gasteiger partial charge in [-0.15, -0.1) is 0 Å². The van der Waals surface area contributed by atoms with Gasteiger partial charge < -0.3 is 10.3 Å². The van der Waals surface area contributed by atoms with Crippen molar-refractivity contribution in [2.24, 2.45) is 5.73 Å². The maximum absolute atomic E-state index is 14.9. The minimum Gasteiger partial charge on any atom is -0.366 e. The van der Waals surface area contributed by atoms with E-state index in [1.54, 1.807) is 49.4 Å². The molecule has 5 rings (SSSR count). The van der Waals surface area contributed by atoms with E-state index in [1.165, 1.54) is 0 Å². The third-order valence-electron chi connectivity index (χ3n) is 6.01. The zero-order valence-electron chi connectivity index (χ0n) is 17.7. The van der Waals surface area contributed by atoms with Crippen LogP contribution in [-0.4, -0.2) is 10.5 Å². The van der Waals surface area contributed by atoms with Crippen molar-refractivity contribution in [1.82, 2.24) is 4.57 Å². The fourth-order valence-corrected chi connectivity index (χ4v) is 5.07. The molecule has 0 bridgehead atoms. The summed E-state index contributed by atoms with van der Waals surface area (Å²) in [6.07, 6.45) is 0. The first-order valence-electron chi connectivity index (χ1n) is 10.4. The van der Waals surface area contributed by atoms with Gasteiger partial charge >= 0.3 is 0 Å². The number of aryl methyl sites for hydroxylation is 1. The maximum atomic E-state index is 14.9. The molecular weight excluding hydrogens is 458 g/mol. The second-order valence-corrected chi connectivity index (χ2v) is 8.84. The van der Waals surface area contributed by atoms with E-state index in [9.17, 15) is 9.18 Å². The van der Waals surface area contributed by atoms with E-state index >= 15 is 0 Å². The lowest BCUT2D eigenvalue weighted by molar-refractivity contribution is 0.100. The highest BCUT2D eigenvalue weighted by Crippen LogP contribution is 2.39. The molecule has 0 radical (unpaired) electrons. The monoisotopic (exact) mass is 476 g/mol. The minimum absolute atomic E-state index is 0.246. The van der Waals surface area contributed by atoms with Gasteiger partial charge in [-0.25, -0.2) is 4.39 Å². The van der Waals surface area contributed by atoms with Crippen molar-refractivity contribution in [1.29, 1.82) is 0 Å². The molecule has 0 aliphatic rings. The molecular formula is C27H19Cl2FN2O. The number of nitrogens with two attached hydrogens (primary N) is 1. The molecule has 0 unspecified atom stereocenters. The lowest BCUT2D eigenvalue weighted by Gasteiger charge is -2.12. The van der Waals surface area contributed by atoms with Crippen LogP contribution in [0.25, 0.3) is 32.9 Å². The zero-order valence-corrected chi connectivity index (χ0v) is 19.2. The molecule has 5 aromatic rings. The lowest BCUT2D eigenvalue weighted by Crippen LogP contribution is -2.11. The Hall–Kier alpha value is -3.34. The van der Waals surface area contributed by atoms with E-state index in [2.05, 4.69) is 0 Å². The summed E-state index contributed by atoms with van der Waals surface area (Å²) in [6, 6.07) is 22.0. The largest absolute Gasteiger partial charge is 0.366 e. The van der Waals surface area contributed by atoms with Crippen LogP contribution in [0.5, 0.6) is 0 Å². The third kappa shape index (κ3) is 3.56. The number of aromatic nitrogens is 1. The first-order valence-corrected chi connectivity index (χ1v) is 11.2. The minimum atomic E-state index is -0.514. The van der Waals surface area contributed by atoms with E-state index < -0.39 is 5.91 Å². The van der Waals surface area contributed by atoms with Gasteiger partial charge in [-0.2, -0.15) is 0 Å². The summed E-state index contributed by atoms with van der Waals surface area (Å²) in [7, 11) is 0. The maximum Gasteiger partial charge on any atom is 0.249 e. The van der Waals surface area contributed by atoms with Crippen LogP contribution in [-0.2, 0) is 6.54 Å². The van der Waals surface area contributed by atoms with Crippen LogP contribution in [0, 0.1) is 12.7 Å². The van der Waals surface area contributed by atoms with Crippen LogP contribution in [0.4, 0.5) is 4.39 Å². The average Bonchev–Trinajstić information content (AvgIpc) is 3.10. The molecule has 1 amide bonds. The zero-order chi connectivity index (χ0) is 23.3. The molecule has 6 heteroatoms. The van der Waals surface area contributed by atoms with Crippen molar-refractivity contribution in [3.05, 3.63) is 105 Å². The van der Waals surface area contributed by atoms with Gasteiger partial charge in [0.25, 0.3) is 0 Å². The summed E-state index contributed by atoms with van der Waals surface area (Å²) >= 11 is 12.9. The van der Waals surface area contributed by atoms with Crippen LogP contribution in [0.15, 0.2) is 72.8 Å². The Morgan fingerprint density at radius 2 is 1.64 bits per heavy atom. The highest BCUT2D eigenvalue weighted by atomic mass is 35.5. The number of halogens is 3. The van der Waals surface area contributed by atoms with Gasteiger partial charge in [-0.3, -0.25) is 4.79 Å². The average molecular weight is 477 g/mol. The molecule has 1 aromatic heterocycles. The predicted octanol–water partition coefficient (Wildman–Crippen LogP) is 7.36. The Bertz CT molecular complexity index is 1550. The van der Waals surface area contributed by atoms with E-state index in [4.69, 9.17) is 28.9 Å². The number of hydrogen-bond donors (Lipinski definition) is 1. The molecule has 1 heterocycles. The van der Waals surface area contributed by atoms with Crippen molar-refractivity contribution in [3.63, 3.8) is 0 Å². The van der Waals surface area contributed by atoms with Gasteiger partial charge in [0.05, 0.1) is 17.6 Å². The molecule has 0 aliphatic carbocycles. The van der Waals surface area contributed by atoms with Crippen LogP contribution in [0.3, 0.4) is 0 Å². The molecule has 33 heavy (non-hydrogen) atoms. The number of fused-ring (bicyclic) bond motifs is 3. The summed E-state index contributed by atoms with van der Waals surface area (Å²) in [5.74, 6) is -0.761. The summed E-state index contributed by atoms with van der Waals surface area (Å²) in [6.45, 7) is 2.03. The van der Waals surface area contributed by atoms with E-state index in [0.717, 1.165) is 32.9 Å². The van der Waals surface area contributed by atoms with Crippen LogP contribution in [0.1, 0.15) is 21.5 Å². The number of amides is 1. The molecule has 164 valence electrons. The van der Waals surface area contributed by atoms with Crippen molar-refractivity contribution in [3.8, 4) is 11.1 Å². The normalized spacial score (nSPS) is 11.4. The smallest absolute Gasteiger partial charge is 0.249 e. The van der Waals surface area contributed by atoms with Crippen LogP contribution in [0.2, 0.25) is 10.0 Å². The summed E-state index contributed by atoms with van der Waals surface area (Å²) in [5.41, 5.74) is 10.4. The molecule has 2 N–H and O–H groups in total. The summed E-state index contributed by atoms with van der Waals surface area (Å²) < 4.78 is 16.9. The highest BCUT2D eigenvalue weighted by Gasteiger charge is 2.19. The van der Waals surface area contributed by atoms with Crippen molar-refractivity contribution in [2.45, 2.75) is 13.5 Å². The first-order chi connectivity index (χ1) is 15.9. The third-order valence-corrected chi connectivity index (χ3v) is 6.64. The van der Waals surface area contributed by atoms with Crippen LogP contribution >= 0.6 is 23.2 Å². The first kappa shape index (κ1) is 21.5. The van der Waals surface area contributed by atoms with Crippen LogP contribution < -0.4 is 5.73 Å². The van der Waals surface area contributed by atoms with Gasteiger partial charge in [-0.05, 0) is 48.4 Å². The molecule has 0 spiro atoms. The summed E-state index contributed by atoms with van der Waals surface area (Å²) in [4.78, 5) is 12.2. The lowest BCUT2D eigenvalue weighted by atomic mass is 10.0. The topological polar surface area (TPSA) is 48.0 Å². The number of nitrogens with zero attached hydrogens (tertiary/aromatic N) is 1. The number of carbonyl (C=O) groups excluding carboxylic acids is 1. The number of hydrogen-bond acceptors (Lipinski definition) is 1. The molecule has 0 fully saturated rings.